The summed E-state index contributed by atoms with van der Waals surface area (Å²) in [6.07, 6.45) is 21.2. The first-order chi connectivity index (χ1) is 22.7. The molecule has 0 aliphatic carbocycles. The van der Waals surface area contributed by atoms with E-state index in [2.05, 4.69) is 13.8 Å². The summed E-state index contributed by atoms with van der Waals surface area (Å²) in [5, 5.41) is 21.5. The summed E-state index contributed by atoms with van der Waals surface area (Å²) < 4.78 is 69.9. The van der Waals surface area contributed by atoms with E-state index >= 15 is 0 Å². The predicted molar refractivity (Wildman–Crippen MR) is 196 cm³/mol. The molecule has 50 heavy (non-hydrogen) atoms. The van der Waals surface area contributed by atoms with Crippen molar-refractivity contribution in [3.8, 4) is 0 Å². The Bertz CT molecular complexity index is 917. The number of hydrogen-bond acceptors (Lipinski definition) is 8. The van der Waals surface area contributed by atoms with E-state index in [-0.39, 0.29) is 72.2 Å². The van der Waals surface area contributed by atoms with E-state index in [0.29, 0.717) is 35.1 Å². The fourth-order valence-corrected chi connectivity index (χ4v) is 8.40. The summed E-state index contributed by atoms with van der Waals surface area (Å²) >= 11 is 0. The summed E-state index contributed by atoms with van der Waals surface area (Å²) in [5.41, 5.74) is 0. The number of aliphatic hydroxyl groups is 2. The first kappa shape index (κ1) is 56.0. The fraction of sp³-hybridized carbons (Fsp3) is 1.00. The monoisotopic (exact) mass is 774 g/mol. The Morgan fingerprint density at radius 1 is 0.440 bits per heavy atom. The fourth-order valence-electron chi connectivity index (χ4n) is 7.24. The summed E-state index contributed by atoms with van der Waals surface area (Å²) in [6.45, 7) is 12.7. The zero-order valence-corrected chi connectivity index (χ0v) is 39.1. The van der Waals surface area contributed by atoms with Crippen LogP contribution in [-0.4, -0.2) is 121 Å². The topological polar surface area (TPSA) is 155 Å². The molecular formula is C36H76N2Na2O8S2+2. The van der Waals surface area contributed by atoms with Crippen LogP contribution in [0.25, 0.3) is 0 Å². The van der Waals surface area contributed by atoms with E-state index < -0.39 is 43.9 Å². The number of likely N-dealkylation sites (N-methyl/N-ethyl adjacent to an activating group) is 2. The molecule has 0 aromatic rings. The maximum absolute atomic E-state index is 11.5. The smallest absolute Gasteiger partial charge is 0.748 e. The van der Waals surface area contributed by atoms with E-state index in [4.69, 9.17) is 0 Å². The maximum Gasteiger partial charge on any atom is 1.00 e. The van der Waals surface area contributed by atoms with Crippen LogP contribution >= 0.6 is 0 Å². The minimum atomic E-state index is -4.59. The summed E-state index contributed by atoms with van der Waals surface area (Å²) in [4.78, 5) is 0. The van der Waals surface area contributed by atoms with Gasteiger partial charge in [-0.3, -0.25) is 0 Å². The van der Waals surface area contributed by atoms with Crippen LogP contribution in [0.4, 0.5) is 0 Å². The molecule has 0 fully saturated rings. The van der Waals surface area contributed by atoms with Crippen molar-refractivity contribution < 1.29 is 104 Å². The van der Waals surface area contributed by atoms with E-state index in [9.17, 15) is 36.2 Å². The molecule has 0 saturated carbocycles. The van der Waals surface area contributed by atoms with Gasteiger partial charge in [-0.1, -0.05) is 117 Å². The van der Waals surface area contributed by atoms with E-state index in [1.165, 1.54) is 89.9 Å². The molecule has 14 heteroatoms. The van der Waals surface area contributed by atoms with Gasteiger partial charge in [-0.15, -0.1) is 0 Å². The van der Waals surface area contributed by atoms with Gasteiger partial charge in [0.15, 0.2) is 0 Å². The number of hydrogen-bond donors (Lipinski definition) is 2. The molecular weight excluding hydrogens is 699 g/mol. The summed E-state index contributed by atoms with van der Waals surface area (Å²) in [7, 11) is -9.18. The minimum Gasteiger partial charge on any atom is -0.748 e. The Morgan fingerprint density at radius 2 is 0.680 bits per heavy atom. The Kier molecular flexibility index (Phi) is 36.8. The molecule has 0 heterocycles. The second kappa shape index (κ2) is 32.9. The first-order valence-electron chi connectivity index (χ1n) is 19.6. The molecule has 0 spiro atoms. The van der Waals surface area contributed by atoms with Gasteiger partial charge in [0.2, 0.25) is 0 Å². The molecule has 0 bridgehead atoms. The van der Waals surface area contributed by atoms with Gasteiger partial charge in [-0.25, -0.2) is 16.8 Å². The molecule has 290 valence electrons. The largest absolute Gasteiger partial charge is 1.00 e. The van der Waals surface area contributed by atoms with Crippen LogP contribution in [0.5, 0.6) is 0 Å². The molecule has 0 amide bonds. The third-order valence-corrected chi connectivity index (χ3v) is 11.9. The molecule has 0 radical (unpaired) electrons. The van der Waals surface area contributed by atoms with Crippen LogP contribution in [-0.2, 0) is 20.2 Å². The van der Waals surface area contributed by atoms with Gasteiger partial charge in [0.25, 0.3) is 0 Å². The third kappa shape index (κ3) is 32.0. The number of nitrogens with zero attached hydrogens (tertiary/aromatic N) is 2. The van der Waals surface area contributed by atoms with Gasteiger partial charge in [0.1, 0.15) is 38.4 Å². The summed E-state index contributed by atoms with van der Waals surface area (Å²) in [5.74, 6) is -1.64. The van der Waals surface area contributed by atoms with E-state index in [1.807, 2.05) is 13.8 Å². The van der Waals surface area contributed by atoms with Gasteiger partial charge in [-0.05, 0) is 39.5 Å². The van der Waals surface area contributed by atoms with Crippen molar-refractivity contribution in [2.75, 3.05) is 63.9 Å². The second-order valence-electron chi connectivity index (χ2n) is 14.7. The van der Waals surface area contributed by atoms with Crippen molar-refractivity contribution in [3.63, 3.8) is 0 Å². The van der Waals surface area contributed by atoms with Crippen LogP contribution in [0, 0.1) is 0 Å². The van der Waals surface area contributed by atoms with Crippen molar-refractivity contribution in [2.24, 2.45) is 0 Å². The molecule has 0 aliphatic rings. The minimum absolute atomic E-state index is 0. The quantitative estimate of drug-likeness (QED) is 0.0404. The van der Waals surface area contributed by atoms with Gasteiger partial charge < -0.3 is 28.3 Å². The zero-order valence-electron chi connectivity index (χ0n) is 33.4. The number of unbranched alkanes of at least 4 members (excludes halogenated alkanes) is 18. The number of quaternary nitrogens is 2. The van der Waals surface area contributed by atoms with Gasteiger partial charge in [0, 0.05) is 0 Å². The molecule has 4 unspecified atom stereocenters. The third-order valence-electron chi connectivity index (χ3n) is 10.4. The molecule has 0 aromatic carbocycles. The van der Waals surface area contributed by atoms with E-state index in [0.717, 1.165) is 51.6 Å². The average Bonchev–Trinajstić information content (AvgIpc) is 2.99. The van der Waals surface area contributed by atoms with Crippen LogP contribution in [0.3, 0.4) is 0 Å². The molecule has 0 saturated heterocycles. The van der Waals surface area contributed by atoms with Crippen LogP contribution in [0.15, 0.2) is 0 Å². The Morgan fingerprint density at radius 3 is 0.900 bits per heavy atom. The van der Waals surface area contributed by atoms with Crippen LogP contribution < -0.4 is 59.1 Å². The van der Waals surface area contributed by atoms with Crippen LogP contribution in [0.1, 0.15) is 156 Å². The normalized spacial score (nSPS) is 15.8. The van der Waals surface area contributed by atoms with Gasteiger partial charge in [-0.2, -0.15) is 0 Å². The molecule has 0 aliphatic heterocycles. The van der Waals surface area contributed by atoms with Crippen molar-refractivity contribution in [2.45, 2.75) is 168 Å². The molecule has 0 rings (SSSR count). The molecule has 0 aromatic heterocycles. The standard InChI is InChI=1S/C36H76N2O8S2.2Na/c1-5-9-11-13-15-17-19-21-23-25-27-37(7-3,31-35(39)33-47(41,42)43)29-30-38(8-4,32-36(40)34-48(44,45)46)28-26-24-22-20-18-16-14-12-10-6-2;;/h35-36,39-40H,5-34H2,1-4H3;;/q;2*+1. The first-order valence-corrected chi connectivity index (χ1v) is 22.7. The Hall–Kier alpha value is 1.66. The predicted octanol–water partition coefficient (Wildman–Crippen LogP) is 0.322. The Balaban J connectivity index is -0.0000110. The zero-order chi connectivity index (χ0) is 36.4. The molecule has 4 atom stereocenters. The molecule has 2 N–H and O–H groups in total. The molecule has 10 nitrogen and oxygen atoms in total. The van der Waals surface area contributed by atoms with E-state index in [1.54, 1.807) is 0 Å². The van der Waals surface area contributed by atoms with Crippen molar-refractivity contribution >= 4 is 20.2 Å². The Labute approximate surface area is 353 Å². The van der Waals surface area contributed by atoms with Crippen molar-refractivity contribution in [1.82, 2.24) is 0 Å². The van der Waals surface area contributed by atoms with Gasteiger partial charge >= 0.3 is 59.1 Å². The average molecular weight is 775 g/mol. The van der Waals surface area contributed by atoms with Crippen molar-refractivity contribution in [3.05, 3.63) is 0 Å². The second-order valence-corrected chi connectivity index (χ2v) is 17.6. The number of aliphatic hydroxyl groups excluding tert-OH is 2. The van der Waals surface area contributed by atoms with Crippen molar-refractivity contribution in [1.29, 1.82) is 0 Å². The van der Waals surface area contributed by atoms with Gasteiger partial charge in [0.05, 0.1) is 57.9 Å². The number of rotatable bonds is 35. The SMILES string of the molecule is CCCCCCCCCCCC[N+](CC)(CC[N+](CC)(CCCCCCCCCCCC)CC(O)CS(=O)(=O)[O-])CC(O)CS(=O)(=O)[O-].[Na+].[Na+]. The summed E-state index contributed by atoms with van der Waals surface area (Å²) in [6, 6.07) is 0. The van der Waals surface area contributed by atoms with Crippen LogP contribution in [0.2, 0.25) is 0 Å². The maximum atomic E-state index is 11.5.